The van der Waals surface area contributed by atoms with E-state index in [0.717, 1.165) is 5.56 Å². The molecule has 1 amide bonds. The Hall–Kier alpha value is -1.92. The van der Waals surface area contributed by atoms with Gasteiger partial charge < -0.3 is 10.6 Å². The number of amides is 1. The number of hydrogen-bond donors (Lipinski definition) is 1. The largest absolute Gasteiger partial charge is 0.335 e. The molecule has 0 aliphatic rings. The first kappa shape index (κ1) is 20.1. The van der Waals surface area contributed by atoms with Crippen molar-refractivity contribution in [3.8, 4) is 0 Å². The van der Waals surface area contributed by atoms with E-state index in [9.17, 15) is 14.9 Å². The first-order valence-electron chi connectivity index (χ1n) is 6.81. The van der Waals surface area contributed by atoms with E-state index in [1.54, 1.807) is 23.1 Å². The second-order valence-electron chi connectivity index (χ2n) is 5.01. The van der Waals surface area contributed by atoms with Gasteiger partial charge in [-0.05, 0) is 18.9 Å². The zero-order valence-corrected chi connectivity index (χ0v) is 13.4. The van der Waals surface area contributed by atoms with Gasteiger partial charge in [-0.3, -0.25) is 14.9 Å². The van der Waals surface area contributed by atoms with Gasteiger partial charge in [-0.2, -0.15) is 0 Å². The fraction of sp³-hybridized carbons (Fsp3) is 0.400. The van der Waals surface area contributed by atoms with E-state index in [-0.39, 0.29) is 30.0 Å². The van der Waals surface area contributed by atoms with E-state index in [2.05, 4.69) is 6.58 Å². The van der Waals surface area contributed by atoms with Crippen molar-refractivity contribution < 1.29 is 9.72 Å². The third-order valence-corrected chi connectivity index (χ3v) is 3.01. The Morgan fingerprint density at radius 1 is 1.55 bits per heavy atom. The predicted molar refractivity (Wildman–Crippen MR) is 88.8 cm³/mol. The molecule has 0 bridgehead atoms. The summed E-state index contributed by atoms with van der Waals surface area (Å²) in [7, 11) is 0. The highest BCUT2D eigenvalue weighted by Crippen LogP contribution is 2.15. The molecule has 6 nitrogen and oxygen atoms in total. The fourth-order valence-electron chi connectivity index (χ4n) is 1.91. The molecular weight excluding hydrogens is 306 g/mol. The second-order valence-corrected chi connectivity index (χ2v) is 5.01. The van der Waals surface area contributed by atoms with Gasteiger partial charge in [0.1, 0.15) is 0 Å². The Kier molecular flexibility index (Phi) is 9.05. The maximum Gasteiger partial charge on any atom is 0.269 e. The van der Waals surface area contributed by atoms with Crippen molar-refractivity contribution in [2.75, 3.05) is 6.54 Å². The van der Waals surface area contributed by atoms with E-state index in [1.807, 2.05) is 6.92 Å². The summed E-state index contributed by atoms with van der Waals surface area (Å²) >= 11 is 0. The number of rotatable bonds is 8. The molecule has 0 spiro atoms. The second kappa shape index (κ2) is 9.92. The Labute approximate surface area is 136 Å². The van der Waals surface area contributed by atoms with Crippen LogP contribution in [0.4, 0.5) is 5.69 Å². The van der Waals surface area contributed by atoms with Crippen LogP contribution < -0.4 is 5.73 Å². The number of carbonyl (C=O) groups is 1. The highest BCUT2D eigenvalue weighted by Gasteiger charge is 2.14. The van der Waals surface area contributed by atoms with E-state index < -0.39 is 4.92 Å². The molecule has 0 aromatic heterocycles. The van der Waals surface area contributed by atoms with Gasteiger partial charge in [0.05, 0.1) is 4.92 Å². The smallest absolute Gasteiger partial charge is 0.269 e. The van der Waals surface area contributed by atoms with Crippen LogP contribution in [0.5, 0.6) is 0 Å². The zero-order chi connectivity index (χ0) is 15.8. The van der Waals surface area contributed by atoms with Crippen LogP contribution in [0.2, 0.25) is 0 Å². The molecule has 22 heavy (non-hydrogen) atoms. The summed E-state index contributed by atoms with van der Waals surface area (Å²) in [5.41, 5.74) is 6.40. The number of halogens is 1. The van der Waals surface area contributed by atoms with Crippen LogP contribution in [0.25, 0.3) is 0 Å². The number of nitro benzene ring substituents is 1. The number of nitrogens with zero attached hydrogens (tertiary/aromatic N) is 2. The molecule has 122 valence electrons. The Morgan fingerprint density at radius 3 is 2.77 bits per heavy atom. The Morgan fingerprint density at radius 2 is 2.23 bits per heavy atom. The van der Waals surface area contributed by atoms with E-state index in [4.69, 9.17) is 5.73 Å². The molecule has 1 aromatic rings. The van der Waals surface area contributed by atoms with Crippen LogP contribution in [-0.4, -0.2) is 28.3 Å². The lowest BCUT2D eigenvalue weighted by Gasteiger charge is -2.21. The van der Waals surface area contributed by atoms with Crippen LogP contribution in [0.1, 0.15) is 25.3 Å². The topological polar surface area (TPSA) is 89.5 Å². The lowest BCUT2D eigenvalue weighted by atomic mass is 10.1. The molecule has 0 aliphatic carbocycles. The normalized spacial score (nSPS) is 11.2. The van der Waals surface area contributed by atoms with Gasteiger partial charge in [0, 0.05) is 37.7 Å². The third kappa shape index (κ3) is 6.69. The number of nitrogens with two attached hydrogens (primary N) is 1. The minimum atomic E-state index is -0.445. The Bertz CT molecular complexity index is 521. The molecule has 1 atom stereocenters. The molecule has 0 aliphatic heterocycles. The van der Waals surface area contributed by atoms with Crippen molar-refractivity contribution in [2.24, 2.45) is 5.73 Å². The van der Waals surface area contributed by atoms with Gasteiger partial charge >= 0.3 is 0 Å². The quantitative estimate of drug-likeness (QED) is 0.451. The van der Waals surface area contributed by atoms with E-state index in [0.29, 0.717) is 25.9 Å². The van der Waals surface area contributed by atoms with Gasteiger partial charge in [0.2, 0.25) is 5.91 Å². The maximum absolute atomic E-state index is 12.1. The lowest BCUT2D eigenvalue weighted by Crippen LogP contribution is -2.31. The monoisotopic (exact) mass is 327 g/mol. The summed E-state index contributed by atoms with van der Waals surface area (Å²) in [6, 6.07) is 6.26. The molecule has 0 saturated carbocycles. The van der Waals surface area contributed by atoms with E-state index >= 15 is 0 Å². The van der Waals surface area contributed by atoms with E-state index in [1.165, 1.54) is 12.1 Å². The van der Waals surface area contributed by atoms with Crippen LogP contribution in [-0.2, 0) is 11.3 Å². The van der Waals surface area contributed by atoms with Gasteiger partial charge in [-0.1, -0.05) is 18.2 Å². The van der Waals surface area contributed by atoms with Crippen molar-refractivity contribution in [3.05, 3.63) is 52.6 Å². The van der Waals surface area contributed by atoms with Crippen LogP contribution >= 0.6 is 12.4 Å². The summed E-state index contributed by atoms with van der Waals surface area (Å²) in [4.78, 5) is 24.1. The first-order valence-corrected chi connectivity index (χ1v) is 6.81. The van der Waals surface area contributed by atoms with Crippen molar-refractivity contribution in [1.29, 1.82) is 0 Å². The maximum atomic E-state index is 12.1. The average Bonchev–Trinajstić information content (AvgIpc) is 2.44. The van der Waals surface area contributed by atoms with Gasteiger partial charge in [-0.15, -0.1) is 19.0 Å². The number of nitro groups is 1. The molecule has 1 unspecified atom stereocenters. The van der Waals surface area contributed by atoms with Crippen molar-refractivity contribution in [1.82, 2.24) is 4.90 Å². The molecule has 1 rings (SSSR count). The molecule has 0 fully saturated rings. The van der Waals surface area contributed by atoms with Crippen molar-refractivity contribution >= 4 is 24.0 Å². The molecule has 1 aromatic carbocycles. The predicted octanol–water partition coefficient (Wildman–Crippen LogP) is 2.66. The number of carbonyl (C=O) groups excluding carboxylic acids is 1. The molecular formula is C15H22ClN3O3. The minimum absolute atomic E-state index is 0. The van der Waals surface area contributed by atoms with Gasteiger partial charge in [-0.25, -0.2) is 0 Å². The molecule has 0 heterocycles. The van der Waals surface area contributed by atoms with Crippen LogP contribution in [0.3, 0.4) is 0 Å². The molecule has 2 N–H and O–H groups in total. The SMILES string of the molecule is C=CCN(Cc1cccc([N+](=O)[O-])c1)C(=O)CCC(C)N.Cl. The number of benzene rings is 1. The summed E-state index contributed by atoms with van der Waals surface area (Å²) in [6.07, 6.45) is 2.61. The summed E-state index contributed by atoms with van der Waals surface area (Å²) in [6.45, 7) is 6.22. The highest BCUT2D eigenvalue weighted by molar-refractivity contribution is 5.85. The van der Waals surface area contributed by atoms with Crippen LogP contribution in [0.15, 0.2) is 36.9 Å². The summed E-state index contributed by atoms with van der Waals surface area (Å²) in [5, 5.41) is 10.8. The minimum Gasteiger partial charge on any atom is -0.335 e. The zero-order valence-electron chi connectivity index (χ0n) is 12.6. The molecule has 7 heteroatoms. The summed E-state index contributed by atoms with van der Waals surface area (Å²) < 4.78 is 0. The van der Waals surface area contributed by atoms with Crippen LogP contribution in [0, 0.1) is 10.1 Å². The van der Waals surface area contributed by atoms with Crippen molar-refractivity contribution in [3.63, 3.8) is 0 Å². The summed E-state index contributed by atoms with van der Waals surface area (Å²) in [5.74, 6) is -0.0290. The number of non-ortho nitro benzene ring substituents is 1. The fourth-order valence-corrected chi connectivity index (χ4v) is 1.91. The first-order chi connectivity index (χ1) is 9.93. The standard InChI is InChI=1S/C15H21N3O3.ClH/c1-3-9-17(15(19)8-7-12(2)16)11-13-5-4-6-14(10-13)18(20)21;/h3-6,10,12H,1,7-9,11,16H2,2H3;1H. The van der Waals surface area contributed by atoms with Gasteiger partial charge in [0.15, 0.2) is 0 Å². The Balaban J connectivity index is 0.00000441. The number of hydrogen-bond acceptors (Lipinski definition) is 4. The highest BCUT2D eigenvalue weighted by atomic mass is 35.5. The van der Waals surface area contributed by atoms with Crippen molar-refractivity contribution in [2.45, 2.75) is 32.4 Å². The lowest BCUT2D eigenvalue weighted by molar-refractivity contribution is -0.384. The average molecular weight is 328 g/mol. The molecule has 0 radical (unpaired) electrons. The molecule has 0 saturated heterocycles. The third-order valence-electron chi connectivity index (χ3n) is 3.01. The van der Waals surface area contributed by atoms with Gasteiger partial charge in [0.25, 0.3) is 5.69 Å².